The summed E-state index contributed by atoms with van der Waals surface area (Å²) in [6, 6.07) is 14.5. The second kappa shape index (κ2) is 10.6. The molecule has 0 radical (unpaired) electrons. The molecule has 0 saturated carbocycles. The van der Waals surface area contributed by atoms with Crippen molar-refractivity contribution >= 4 is 50.3 Å². The van der Waals surface area contributed by atoms with Crippen molar-refractivity contribution in [1.82, 2.24) is 0 Å². The first kappa shape index (κ1) is 25.7. The summed E-state index contributed by atoms with van der Waals surface area (Å²) in [5, 5.41) is 14.2. The monoisotopic (exact) mass is 511 g/mol. The van der Waals surface area contributed by atoms with Crippen LogP contribution in [0.15, 0.2) is 65.6 Å². The molecule has 3 aromatic rings. The Morgan fingerprint density at radius 3 is 2.43 bits per heavy atom. The van der Waals surface area contributed by atoms with Crippen LogP contribution in [0.5, 0.6) is 5.75 Å². The number of nitrogens with one attached hydrogen (secondary N) is 2. The van der Waals surface area contributed by atoms with Crippen LogP contribution in [0.3, 0.4) is 0 Å². The van der Waals surface area contributed by atoms with Gasteiger partial charge in [-0.3, -0.25) is 9.59 Å². The van der Waals surface area contributed by atoms with E-state index in [0.29, 0.717) is 0 Å². The Kier molecular flexibility index (Phi) is 7.79. The van der Waals surface area contributed by atoms with Crippen molar-refractivity contribution in [2.45, 2.75) is 30.4 Å². The van der Waals surface area contributed by atoms with E-state index in [-0.39, 0.29) is 44.7 Å². The minimum absolute atomic E-state index is 0.0527. The number of hydrogen-bond donors (Lipinski definition) is 3. The SMILES string of the molecule is [C-]#[N+]c1ccc(C(=O)Nc2ccc(NC(=O)C(CC)S(=O)(=O)c3cccc(C)c3)cc2O)cc1Cl. The number of nitrogens with zero attached hydrogens (tertiary/aromatic N) is 1. The molecule has 0 aliphatic rings. The number of sulfone groups is 1. The van der Waals surface area contributed by atoms with Crippen molar-refractivity contribution < 1.29 is 23.1 Å². The number of carbonyl (C=O) groups is 2. The van der Waals surface area contributed by atoms with Gasteiger partial charge in [0.2, 0.25) is 11.6 Å². The third-order valence-electron chi connectivity index (χ3n) is 5.20. The van der Waals surface area contributed by atoms with Gasteiger partial charge in [-0.05, 0) is 49.2 Å². The molecule has 3 aromatic carbocycles. The average molecular weight is 512 g/mol. The molecule has 35 heavy (non-hydrogen) atoms. The molecule has 1 unspecified atom stereocenters. The highest BCUT2D eigenvalue weighted by Crippen LogP contribution is 2.30. The Hall–Kier alpha value is -3.87. The quantitative estimate of drug-likeness (QED) is 0.292. The van der Waals surface area contributed by atoms with Crippen molar-refractivity contribution in [2.24, 2.45) is 0 Å². The number of aryl methyl sites for hydroxylation is 1. The van der Waals surface area contributed by atoms with Crippen LogP contribution < -0.4 is 10.6 Å². The van der Waals surface area contributed by atoms with Gasteiger partial charge in [0.1, 0.15) is 11.0 Å². The van der Waals surface area contributed by atoms with Gasteiger partial charge in [-0.15, -0.1) is 0 Å². The van der Waals surface area contributed by atoms with Crippen LogP contribution in [-0.4, -0.2) is 30.6 Å². The molecule has 3 N–H and O–H groups in total. The first-order chi connectivity index (χ1) is 16.6. The number of carbonyl (C=O) groups excluding carboxylic acids is 2. The smallest absolute Gasteiger partial charge is 0.255 e. The van der Waals surface area contributed by atoms with Crippen molar-refractivity contribution in [3.63, 3.8) is 0 Å². The van der Waals surface area contributed by atoms with E-state index in [2.05, 4.69) is 15.5 Å². The van der Waals surface area contributed by atoms with Gasteiger partial charge in [0, 0.05) is 22.3 Å². The summed E-state index contributed by atoms with van der Waals surface area (Å²) >= 11 is 5.97. The van der Waals surface area contributed by atoms with E-state index in [1.807, 2.05) is 0 Å². The van der Waals surface area contributed by atoms with E-state index in [9.17, 15) is 23.1 Å². The van der Waals surface area contributed by atoms with Gasteiger partial charge in [-0.1, -0.05) is 42.8 Å². The maximum atomic E-state index is 13.0. The third-order valence-corrected chi connectivity index (χ3v) is 7.71. The van der Waals surface area contributed by atoms with E-state index >= 15 is 0 Å². The van der Waals surface area contributed by atoms with Crippen LogP contribution in [-0.2, 0) is 14.6 Å². The van der Waals surface area contributed by atoms with Crippen LogP contribution in [0.25, 0.3) is 4.85 Å². The maximum absolute atomic E-state index is 13.0. The minimum atomic E-state index is -3.93. The number of aromatic hydroxyl groups is 1. The van der Waals surface area contributed by atoms with Gasteiger partial charge in [0.15, 0.2) is 9.84 Å². The number of amides is 2. The van der Waals surface area contributed by atoms with E-state index in [4.69, 9.17) is 18.2 Å². The molecule has 0 aliphatic carbocycles. The molecule has 3 rings (SSSR count). The summed E-state index contributed by atoms with van der Waals surface area (Å²) in [5.74, 6) is -1.64. The molecule has 1 atom stereocenters. The fourth-order valence-electron chi connectivity index (χ4n) is 3.37. The number of phenolic OH excluding ortho intramolecular Hbond substituents is 1. The molecule has 10 heteroatoms. The molecular weight excluding hydrogens is 490 g/mol. The zero-order valence-corrected chi connectivity index (χ0v) is 20.4. The van der Waals surface area contributed by atoms with Crippen LogP contribution in [0, 0.1) is 13.5 Å². The average Bonchev–Trinajstić information content (AvgIpc) is 2.81. The van der Waals surface area contributed by atoms with Gasteiger partial charge in [0.05, 0.1) is 17.2 Å². The molecule has 180 valence electrons. The van der Waals surface area contributed by atoms with Crippen LogP contribution in [0.4, 0.5) is 17.1 Å². The highest BCUT2D eigenvalue weighted by molar-refractivity contribution is 7.92. The maximum Gasteiger partial charge on any atom is 0.255 e. The predicted octanol–water partition coefficient (Wildman–Crippen LogP) is 5.35. The molecule has 0 aromatic heterocycles. The fraction of sp³-hybridized carbons (Fsp3) is 0.160. The standard InChI is InChI=1S/C25H22ClN3O5S/c1-4-23(35(33,34)18-7-5-6-15(2)12-18)25(32)28-17-9-11-21(22(30)14-17)29-24(31)16-8-10-20(27-3)19(26)13-16/h5-14,23,30H,4H2,1-2H3,(H,28,32)(H,29,31). The lowest BCUT2D eigenvalue weighted by Gasteiger charge is -2.17. The van der Waals surface area contributed by atoms with E-state index in [0.717, 1.165) is 5.56 Å². The van der Waals surface area contributed by atoms with Gasteiger partial charge in [0.25, 0.3) is 5.91 Å². The van der Waals surface area contributed by atoms with Crippen LogP contribution in [0.1, 0.15) is 29.3 Å². The zero-order valence-electron chi connectivity index (χ0n) is 18.9. The van der Waals surface area contributed by atoms with Crippen molar-refractivity contribution in [3.05, 3.63) is 88.2 Å². The Balaban J connectivity index is 1.75. The first-order valence-electron chi connectivity index (χ1n) is 10.5. The molecule has 0 aliphatic heterocycles. The summed E-state index contributed by atoms with van der Waals surface area (Å²) in [7, 11) is -3.93. The number of halogens is 1. The lowest BCUT2D eigenvalue weighted by atomic mass is 10.2. The topological polar surface area (TPSA) is 117 Å². The number of rotatable bonds is 7. The van der Waals surface area contributed by atoms with Gasteiger partial charge in [-0.2, -0.15) is 0 Å². The highest BCUT2D eigenvalue weighted by atomic mass is 35.5. The molecule has 0 heterocycles. The fourth-order valence-corrected chi connectivity index (χ4v) is 5.32. The Morgan fingerprint density at radius 2 is 1.83 bits per heavy atom. The lowest BCUT2D eigenvalue weighted by molar-refractivity contribution is -0.115. The largest absolute Gasteiger partial charge is 0.506 e. The van der Waals surface area contributed by atoms with Gasteiger partial charge in [-0.25, -0.2) is 13.3 Å². The molecule has 0 bridgehead atoms. The summed E-state index contributed by atoms with van der Waals surface area (Å²) in [6.45, 7) is 10.4. The number of hydrogen-bond acceptors (Lipinski definition) is 5. The molecule has 8 nitrogen and oxygen atoms in total. The zero-order chi connectivity index (χ0) is 25.8. The third kappa shape index (κ3) is 5.80. The van der Waals surface area contributed by atoms with Crippen LogP contribution in [0.2, 0.25) is 5.02 Å². The minimum Gasteiger partial charge on any atom is -0.506 e. The van der Waals surface area contributed by atoms with Crippen molar-refractivity contribution in [1.29, 1.82) is 0 Å². The van der Waals surface area contributed by atoms with Crippen molar-refractivity contribution in [3.8, 4) is 5.75 Å². The van der Waals surface area contributed by atoms with E-state index < -0.39 is 26.9 Å². The second-order valence-corrected chi connectivity index (χ2v) is 10.2. The molecule has 2 amide bonds. The van der Waals surface area contributed by atoms with Crippen molar-refractivity contribution in [2.75, 3.05) is 10.6 Å². The number of anilines is 2. The lowest BCUT2D eigenvalue weighted by Crippen LogP contribution is -2.34. The molecule has 0 fully saturated rings. The van der Waals surface area contributed by atoms with Gasteiger partial charge >= 0.3 is 0 Å². The Labute approximate surface area is 208 Å². The predicted molar refractivity (Wildman–Crippen MR) is 135 cm³/mol. The molecular formula is C25H22ClN3O5S. The van der Waals surface area contributed by atoms with E-state index in [1.165, 1.54) is 48.5 Å². The first-order valence-corrected chi connectivity index (χ1v) is 12.4. The Morgan fingerprint density at radius 1 is 1.09 bits per heavy atom. The summed E-state index contributed by atoms with van der Waals surface area (Å²) in [6.07, 6.45) is 0.0527. The normalized spacial score (nSPS) is 11.8. The second-order valence-electron chi connectivity index (χ2n) is 7.71. The summed E-state index contributed by atoms with van der Waals surface area (Å²) in [4.78, 5) is 28.6. The molecule has 0 spiro atoms. The molecule has 0 saturated heterocycles. The number of benzene rings is 3. The number of phenols is 1. The highest BCUT2D eigenvalue weighted by Gasteiger charge is 2.32. The summed E-state index contributed by atoms with van der Waals surface area (Å²) < 4.78 is 26.0. The van der Waals surface area contributed by atoms with Crippen LogP contribution >= 0.6 is 11.6 Å². The van der Waals surface area contributed by atoms with Gasteiger partial charge < -0.3 is 15.7 Å². The summed E-state index contributed by atoms with van der Waals surface area (Å²) in [5.41, 5.74) is 1.38. The van der Waals surface area contributed by atoms with E-state index in [1.54, 1.807) is 26.0 Å². The Bertz CT molecular complexity index is 1450.